The van der Waals surface area contributed by atoms with E-state index in [1.807, 2.05) is 0 Å². The van der Waals surface area contributed by atoms with Gasteiger partial charge in [-0.25, -0.2) is 13.1 Å². The number of carbonyl (C=O) groups is 1. The number of benzene rings is 1. The maximum atomic E-state index is 11.9. The molecular weight excluding hydrogens is 292 g/mol. The molecule has 0 atom stereocenters. The van der Waals surface area contributed by atoms with Crippen LogP contribution in [0.1, 0.15) is 36.5 Å². The van der Waals surface area contributed by atoms with Crippen molar-refractivity contribution in [2.75, 3.05) is 13.1 Å². The zero-order valence-corrected chi connectivity index (χ0v) is 12.7. The number of hydrogen-bond donors (Lipinski definition) is 3. The third-order valence-corrected chi connectivity index (χ3v) is 5.18. The summed E-state index contributed by atoms with van der Waals surface area (Å²) in [4.78, 5) is 12.1. The number of carbonyl (C=O) groups excluding carboxylic acids is 1. The van der Waals surface area contributed by atoms with Gasteiger partial charge in [-0.05, 0) is 43.5 Å². The van der Waals surface area contributed by atoms with E-state index in [2.05, 4.69) is 10.0 Å². The van der Waals surface area contributed by atoms with Gasteiger partial charge >= 0.3 is 0 Å². The molecule has 21 heavy (non-hydrogen) atoms. The van der Waals surface area contributed by atoms with Gasteiger partial charge < -0.3 is 10.4 Å². The minimum atomic E-state index is -3.50. The van der Waals surface area contributed by atoms with Gasteiger partial charge in [0.15, 0.2) is 0 Å². The number of amides is 1. The molecule has 1 fully saturated rings. The normalized spacial score (nSPS) is 17.0. The number of rotatable bonds is 6. The summed E-state index contributed by atoms with van der Waals surface area (Å²) in [6.07, 6.45) is 2.38. The summed E-state index contributed by atoms with van der Waals surface area (Å²) in [7, 11) is -3.50. The van der Waals surface area contributed by atoms with E-state index in [4.69, 9.17) is 0 Å². The maximum absolute atomic E-state index is 11.9. The Labute approximate surface area is 124 Å². The van der Waals surface area contributed by atoms with Crippen LogP contribution >= 0.6 is 0 Å². The molecule has 0 saturated heterocycles. The van der Waals surface area contributed by atoms with Crippen LogP contribution in [0.4, 0.5) is 0 Å². The second kappa shape index (κ2) is 6.13. The number of nitrogens with one attached hydrogen (secondary N) is 2. The Hall–Kier alpha value is -1.44. The Morgan fingerprint density at radius 3 is 2.38 bits per heavy atom. The van der Waals surface area contributed by atoms with Crippen molar-refractivity contribution in [2.24, 2.45) is 0 Å². The highest BCUT2D eigenvalue weighted by Crippen LogP contribution is 2.30. The molecule has 1 aromatic rings. The molecule has 0 radical (unpaired) electrons. The van der Waals surface area contributed by atoms with E-state index in [-0.39, 0.29) is 17.3 Å². The molecule has 6 nitrogen and oxygen atoms in total. The lowest BCUT2D eigenvalue weighted by atomic mass is 9.80. The fourth-order valence-electron chi connectivity index (χ4n) is 2.17. The van der Waals surface area contributed by atoms with Gasteiger partial charge in [-0.2, -0.15) is 0 Å². The standard InChI is InChI=1S/C14H20N2O4S/c1-2-16-21(19,20)12-6-4-11(5-7-12)13(17)15-10-14(18)8-3-9-14/h4-7,16,18H,2-3,8-10H2,1H3,(H,15,17). The monoisotopic (exact) mass is 312 g/mol. The van der Waals surface area contributed by atoms with Gasteiger partial charge in [0, 0.05) is 18.7 Å². The van der Waals surface area contributed by atoms with Crippen LogP contribution in [-0.4, -0.2) is 38.1 Å². The summed E-state index contributed by atoms with van der Waals surface area (Å²) in [5.74, 6) is -0.317. The summed E-state index contributed by atoms with van der Waals surface area (Å²) >= 11 is 0. The maximum Gasteiger partial charge on any atom is 0.251 e. The van der Waals surface area contributed by atoms with Gasteiger partial charge in [0.25, 0.3) is 5.91 Å². The van der Waals surface area contributed by atoms with Crippen LogP contribution in [0, 0.1) is 0 Å². The van der Waals surface area contributed by atoms with Gasteiger partial charge in [0.1, 0.15) is 0 Å². The van der Waals surface area contributed by atoms with Crippen molar-refractivity contribution in [1.29, 1.82) is 0 Å². The second-order valence-electron chi connectivity index (χ2n) is 5.29. The first-order chi connectivity index (χ1) is 9.86. The fraction of sp³-hybridized carbons (Fsp3) is 0.500. The SMILES string of the molecule is CCNS(=O)(=O)c1ccc(C(=O)NCC2(O)CCC2)cc1. The van der Waals surface area contributed by atoms with Crippen LogP contribution in [-0.2, 0) is 10.0 Å². The molecule has 0 aliphatic heterocycles. The first-order valence-corrected chi connectivity index (χ1v) is 8.45. The lowest BCUT2D eigenvalue weighted by Crippen LogP contribution is -2.47. The van der Waals surface area contributed by atoms with Crippen molar-refractivity contribution in [3.63, 3.8) is 0 Å². The van der Waals surface area contributed by atoms with Crippen molar-refractivity contribution < 1.29 is 18.3 Å². The van der Waals surface area contributed by atoms with Crippen molar-refractivity contribution in [2.45, 2.75) is 36.7 Å². The Morgan fingerprint density at radius 1 is 1.29 bits per heavy atom. The molecule has 1 aliphatic rings. The molecule has 1 aliphatic carbocycles. The molecule has 1 amide bonds. The first-order valence-electron chi connectivity index (χ1n) is 6.97. The molecule has 0 bridgehead atoms. The summed E-state index contributed by atoms with van der Waals surface area (Å²) in [6.45, 7) is 2.23. The summed E-state index contributed by atoms with van der Waals surface area (Å²) in [5.41, 5.74) is -0.405. The van der Waals surface area contributed by atoms with Gasteiger partial charge in [0.2, 0.25) is 10.0 Å². The van der Waals surface area contributed by atoms with E-state index in [1.54, 1.807) is 6.92 Å². The smallest absolute Gasteiger partial charge is 0.251 e. The van der Waals surface area contributed by atoms with E-state index in [0.717, 1.165) is 6.42 Å². The van der Waals surface area contributed by atoms with Gasteiger partial charge in [-0.3, -0.25) is 4.79 Å². The van der Waals surface area contributed by atoms with Crippen molar-refractivity contribution in [3.05, 3.63) is 29.8 Å². The molecule has 116 valence electrons. The van der Waals surface area contributed by atoms with E-state index >= 15 is 0 Å². The molecule has 0 unspecified atom stereocenters. The summed E-state index contributed by atoms with van der Waals surface area (Å²) < 4.78 is 25.9. The molecule has 0 heterocycles. The molecular formula is C14H20N2O4S. The third-order valence-electron chi connectivity index (χ3n) is 3.62. The zero-order chi connectivity index (χ0) is 15.5. The Balaban J connectivity index is 1.99. The molecule has 3 N–H and O–H groups in total. The lowest BCUT2D eigenvalue weighted by Gasteiger charge is -2.36. The molecule has 2 rings (SSSR count). The average molecular weight is 312 g/mol. The third kappa shape index (κ3) is 3.81. The number of hydrogen-bond acceptors (Lipinski definition) is 4. The molecule has 0 spiro atoms. The minimum Gasteiger partial charge on any atom is -0.388 e. The van der Waals surface area contributed by atoms with Crippen LogP contribution in [0.3, 0.4) is 0 Å². The van der Waals surface area contributed by atoms with E-state index in [1.165, 1.54) is 24.3 Å². The Morgan fingerprint density at radius 2 is 1.90 bits per heavy atom. The molecule has 0 aromatic heterocycles. The van der Waals surface area contributed by atoms with Gasteiger partial charge in [0.05, 0.1) is 10.5 Å². The highest BCUT2D eigenvalue weighted by Gasteiger charge is 2.34. The number of aliphatic hydroxyl groups is 1. The van der Waals surface area contributed by atoms with Crippen molar-refractivity contribution >= 4 is 15.9 Å². The van der Waals surface area contributed by atoms with E-state index in [0.29, 0.717) is 24.9 Å². The highest BCUT2D eigenvalue weighted by atomic mass is 32.2. The van der Waals surface area contributed by atoms with Crippen LogP contribution in [0.25, 0.3) is 0 Å². The molecule has 1 saturated carbocycles. The van der Waals surface area contributed by atoms with Crippen molar-refractivity contribution in [3.8, 4) is 0 Å². The van der Waals surface area contributed by atoms with Crippen LogP contribution < -0.4 is 10.0 Å². The predicted octanol–water partition coefficient (Wildman–Crippen LogP) is 0.630. The van der Waals surface area contributed by atoms with Gasteiger partial charge in [-0.15, -0.1) is 0 Å². The molecule has 7 heteroatoms. The Bertz CT molecular complexity index is 606. The fourth-order valence-corrected chi connectivity index (χ4v) is 3.21. The zero-order valence-electron chi connectivity index (χ0n) is 11.9. The first kappa shape index (κ1) is 15.9. The Kier molecular flexibility index (Phi) is 4.65. The molecule has 1 aromatic carbocycles. The van der Waals surface area contributed by atoms with E-state index < -0.39 is 15.6 Å². The van der Waals surface area contributed by atoms with Crippen LogP contribution in [0.5, 0.6) is 0 Å². The van der Waals surface area contributed by atoms with Crippen molar-refractivity contribution in [1.82, 2.24) is 10.0 Å². The van der Waals surface area contributed by atoms with E-state index in [9.17, 15) is 18.3 Å². The quantitative estimate of drug-likeness (QED) is 0.718. The largest absolute Gasteiger partial charge is 0.388 e. The predicted molar refractivity (Wildman–Crippen MR) is 78.4 cm³/mol. The lowest BCUT2D eigenvalue weighted by molar-refractivity contribution is -0.0300. The second-order valence-corrected chi connectivity index (χ2v) is 7.05. The number of sulfonamides is 1. The minimum absolute atomic E-state index is 0.124. The van der Waals surface area contributed by atoms with Gasteiger partial charge in [-0.1, -0.05) is 6.92 Å². The van der Waals surface area contributed by atoms with Crippen LogP contribution in [0.2, 0.25) is 0 Å². The summed E-state index contributed by atoms with van der Waals surface area (Å²) in [5, 5.41) is 12.6. The summed E-state index contributed by atoms with van der Waals surface area (Å²) in [6, 6.07) is 5.71. The average Bonchev–Trinajstić information content (AvgIpc) is 2.43. The topological polar surface area (TPSA) is 95.5 Å². The highest BCUT2D eigenvalue weighted by molar-refractivity contribution is 7.89. The van der Waals surface area contributed by atoms with Crippen LogP contribution in [0.15, 0.2) is 29.2 Å².